The average molecular weight is 406 g/mol. The summed E-state index contributed by atoms with van der Waals surface area (Å²) in [6, 6.07) is 11.4. The average Bonchev–Trinajstić information content (AvgIpc) is 2.67. The van der Waals surface area contributed by atoms with Crippen molar-refractivity contribution in [3.05, 3.63) is 53.7 Å². The van der Waals surface area contributed by atoms with Gasteiger partial charge in [0, 0.05) is 33.4 Å². The Balaban J connectivity index is 1.65. The molecule has 1 aromatic carbocycles. The van der Waals surface area contributed by atoms with Crippen molar-refractivity contribution in [2.45, 2.75) is 35.1 Å². The number of amides is 1. The molecule has 0 bridgehead atoms. The van der Waals surface area contributed by atoms with Crippen LogP contribution in [-0.2, 0) is 27.8 Å². The Labute approximate surface area is 164 Å². The predicted molar refractivity (Wildman–Crippen MR) is 106 cm³/mol. The van der Waals surface area contributed by atoms with Crippen LogP contribution in [0.5, 0.6) is 0 Å². The van der Waals surface area contributed by atoms with Gasteiger partial charge >= 0.3 is 0 Å². The molecule has 1 aliphatic rings. The van der Waals surface area contributed by atoms with Crippen molar-refractivity contribution in [3.63, 3.8) is 0 Å². The highest BCUT2D eigenvalue weighted by Crippen LogP contribution is 2.26. The van der Waals surface area contributed by atoms with Gasteiger partial charge < -0.3 is 4.90 Å². The minimum atomic E-state index is -3.50. The van der Waals surface area contributed by atoms with Gasteiger partial charge in [-0.05, 0) is 36.6 Å². The lowest BCUT2D eigenvalue weighted by atomic mass is 10.00. The smallest absolute Gasteiger partial charge is 0.244 e. The molecule has 0 saturated heterocycles. The van der Waals surface area contributed by atoms with Crippen molar-refractivity contribution in [3.8, 4) is 0 Å². The van der Waals surface area contributed by atoms with Gasteiger partial charge in [0.2, 0.25) is 15.9 Å². The Bertz CT molecular complexity index is 927. The summed E-state index contributed by atoms with van der Waals surface area (Å²) in [4.78, 5) is 19.0. The number of nitrogens with zero attached hydrogens (tertiary/aromatic N) is 3. The van der Waals surface area contributed by atoms with Crippen LogP contribution in [0.4, 0.5) is 0 Å². The molecule has 1 amide bonds. The van der Waals surface area contributed by atoms with Crippen LogP contribution in [0.15, 0.2) is 52.5 Å². The number of carbonyl (C=O) groups is 1. The van der Waals surface area contributed by atoms with Crippen LogP contribution < -0.4 is 0 Å². The first-order valence-electron chi connectivity index (χ1n) is 8.70. The molecule has 1 atom stereocenters. The summed E-state index contributed by atoms with van der Waals surface area (Å²) in [5, 5.41) is 0.338. The number of thioether (sulfide) groups is 1. The van der Waals surface area contributed by atoms with E-state index in [0.29, 0.717) is 18.1 Å². The number of benzene rings is 1. The number of sulfonamides is 1. The molecule has 1 aliphatic heterocycles. The molecule has 0 fully saturated rings. The summed E-state index contributed by atoms with van der Waals surface area (Å²) in [5.74, 6) is 0.0706. The van der Waals surface area contributed by atoms with E-state index in [2.05, 4.69) is 17.1 Å². The fourth-order valence-corrected chi connectivity index (χ4v) is 4.69. The van der Waals surface area contributed by atoms with Crippen molar-refractivity contribution >= 4 is 27.7 Å². The van der Waals surface area contributed by atoms with Crippen LogP contribution in [0.25, 0.3) is 0 Å². The van der Waals surface area contributed by atoms with Crippen molar-refractivity contribution in [1.29, 1.82) is 0 Å². The summed E-state index contributed by atoms with van der Waals surface area (Å²) in [7, 11) is -0.534. The molecule has 0 unspecified atom stereocenters. The highest BCUT2D eigenvalue weighted by Gasteiger charge is 2.25. The number of hydrogen-bond donors (Lipinski definition) is 0. The largest absolute Gasteiger partial charge is 0.337 e. The third-order valence-electron chi connectivity index (χ3n) is 4.58. The zero-order valence-electron chi connectivity index (χ0n) is 15.6. The van der Waals surface area contributed by atoms with Gasteiger partial charge in [0.25, 0.3) is 0 Å². The summed E-state index contributed by atoms with van der Waals surface area (Å²) >= 11 is 1.34. The zero-order chi connectivity index (χ0) is 19.6. The molecule has 0 spiro atoms. The van der Waals surface area contributed by atoms with Crippen molar-refractivity contribution in [2.24, 2.45) is 0 Å². The summed E-state index contributed by atoms with van der Waals surface area (Å²) in [6.45, 7) is 3.21. The SMILES string of the molecule is C[C@@H](Sc1ccc(S(=O)(=O)N(C)C)cn1)C(=O)N1CCc2ccccc2C1. The second kappa shape index (κ2) is 8.00. The molecule has 2 heterocycles. The Kier molecular flexibility index (Phi) is 5.88. The van der Waals surface area contributed by atoms with Crippen LogP contribution in [0.2, 0.25) is 0 Å². The summed E-state index contributed by atoms with van der Waals surface area (Å²) in [5.41, 5.74) is 2.51. The van der Waals surface area contributed by atoms with Gasteiger partial charge in [0.15, 0.2) is 0 Å². The van der Waals surface area contributed by atoms with E-state index in [4.69, 9.17) is 0 Å². The maximum Gasteiger partial charge on any atom is 0.244 e. The quantitative estimate of drug-likeness (QED) is 0.715. The van der Waals surface area contributed by atoms with Gasteiger partial charge in [-0.15, -0.1) is 0 Å². The van der Waals surface area contributed by atoms with Gasteiger partial charge in [0.1, 0.15) is 4.90 Å². The van der Waals surface area contributed by atoms with Gasteiger partial charge in [0.05, 0.1) is 10.3 Å². The lowest BCUT2D eigenvalue weighted by Crippen LogP contribution is -2.40. The fraction of sp³-hybridized carbons (Fsp3) is 0.368. The topological polar surface area (TPSA) is 70.6 Å². The zero-order valence-corrected chi connectivity index (χ0v) is 17.3. The highest BCUT2D eigenvalue weighted by atomic mass is 32.2. The predicted octanol–water partition coefficient (Wildman–Crippen LogP) is 2.40. The van der Waals surface area contributed by atoms with Gasteiger partial charge in [-0.2, -0.15) is 0 Å². The van der Waals surface area contributed by atoms with Crippen LogP contribution in [0.3, 0.4) is 0 Å². The maximum absolute atomic E-state index is 12.8. The first-order valence-corrected chi connectivity index (χ1v) is 11.0. The molecule has 0 aliphatic carbocycles. The van der Waals surface area contributed by atoms with Crippen molar-refractivity contribution in [1.82, 2.24) is 14.2 Å². The second-order valence-electron chi connectivity index (χ2n) is 6.66. The van der Waals surface area contributed by atoms with Gasteiger partial charge in [-0.25, -0.2) is 17.7 Å². The molecular formula is C19H23N3O3S2. The van der Waals surface area contributed by atoms with E-state index in [-0.39, 0.29) is 16.1 Å². The second-order valence-corrected chi connectivity index (χ2v) is 10.2. The Hall–Kier alpha value is -1.90. The lowest BCUT2D eigenvalue weighted by Gasteiger charge is -2.30. The van der Waals surface area contributed by atoms with Crippen LogP contribution in [0, 0.1) is 0 Å². The van der Waals surface area contributed by atoms with Crippen LogP contribution in [0.1, 0.15) is 18.1 Å². The van der Waals surface area contributed by atoms with E-state index in [1.54, 1.807) is 6.07 Å². The van der Waals surface area contributed by atoms with Gasteiger partial charge in [-0.1, -0.05) is 36.0 Å². The molecule has 2 aromatic rings. The molecule has 6 nitrogen and oxygen atoms in total. The van der Waals surface area contributed by atoms with Gasteiger partial charge in [-0.3, -0.25) is 4.79 Å². The monoisotopic (exact) mass is 405 g/mol. The number of hydrogen-bond acceptors (Lipinski definition) is 5. The van der Waals surface area contributed by atoms with E-state index in [0.717, 1.165) is 10.7 Å². The standard InChI is InChI=1S/C19H23N3O3S2/c1-14(19(23)22-11-10-15-6-4-5-7-16(15)13-22)26-18-9-8-17(12-20-18)27(24,25)21(2)3/h4-9,12,14H,10-11,13H2,1-3H3/t14-/m1/s1. The number of pyridine rings is 1. The lowest BCUT2D eigenvalue weighted by molar-refractivity contribution is -0.131. The molecule has 3 rings (SSSR count). The van der Waals surface area contributed by atoms with Crippen LogP contribution in [-0.4, -0.2) is 54.4 Å². The number of aromatic nitrogens is 1. The van der Waals surface area contributed by atoms with Crippen LogP contribution >= 0.6 is 11.8 Å². The third kappa shape index (κ3) is 4.34. The van der Waals surface area contributed by atoms with E-state index in [1.807, 2.05) is 24.0 Å². The van der Waals surface area contributed by atoms with Crippen molar-refractivity contribution in [2.75, 3.05) is 20.6 Å². The number of rotatable bonds is 5. The molecule has 0 N–H and O–H groups in total. The number of carbonyl (C=O) groups excluding carboxylic acids is 1. The molecule has 0 radical (unpaired) electrons. The highest BCUT2D eigenvalue weighted by molar-refractivity contribution is 8.00. The third-order valence-corrected chi connectivity index (χ3v) is 7.41. The fourth-order valence-electron chi connectivity index (χ4n) is 2.97. The number of fused-ring (bicyclic) bond motifs is 1. The summed E-state index contributed by atoms with van der Waals surface area (Å²) < 4.78 is 25.3. The van der Waals surface area contributed by atoms with Crippen molar-refractivity contribution < 1.29 is 13.2 Å². The first-order chi connectivity index (χ1) is 12.8. The summed E-state index contributed by atoms with van der Waals surface area (Å²) in [6.07, 6.45) is 2.21. The normalized spacial score (nSPS) is 15.5. The minimum Gasteiger partial charge on any atom is -0.337 e. The molecule has 0 saturated carbocycles. The Morgan fingerprint density at radius 1 is 1.19 bits per heavy atom. The van der Waals surface area contributed by atoms with E-state index in [9.17, 15) is 13.2 Å². The molecule has 8 heteroatoms. The first kappa shape index (κ1) is 19.9. The molecule has 1 aromatic heterocycles. The van der Waals surface area contributed by atoms with E-state index in [1.165, 1.54) is 49.2 Å². The Morgan fingerprint density at radius 2 is 1.89 bits per heavy atom. The molecule has 144 valence electrons. The van der Waals surface area contributed by atoms with E-state index >= 15 is 0 Å². The minimum absolute atomic E-state index is 0.0706. The molecule has 27 heavy (non-hydrogen) atoms. The maximum atomic E-state index is 12.8. The Morgan fingerprint density at radius 3 is 2.52 bits per heavy atom. The van der Waals surface area contributed by atoms with E-state index < -0.39 is 10.0 Å². The molecular weight excluding hydrogens is 382 g/mol.